The summed E-state index contributed by atoms with van der Waals surface area (Å²) in [6.45, 7) is 0. The summed E-state index contributed by atoms with van der Waals surface area (Å²) in [5.41, 5.74) is 6.11. The molecular formula is C17H13N3OS. The van der Waals surface area contributed by atoms with Gasteiger partial charge in [-0.25, -0.2) is 4.98 Å². The molecule has 0 radical (unpaired) electrons. The first-order valence-corrected chi connectivity index (χ1v) is 7.73. The lowest BCUT2D eigenvalue weighted by Gasteiger charge is -2.06. The molecular weight excluding hydrogens is 294 g/mol. The van der Waals surface area contributed by atoms with Gasteiger partial charge in [0.25, 0.3) is 0 Å². The summed E-state index contributed by atoms with van der Waals surface area (Å²) in [5, 5.41) is 0. The molecule has 0 unspecified atom stereocenters. The quantitative estimate of drug-likeness (QED) is 0.570. The van der Waals surface area contributed by atoms with Crippen molar-refractivity contribution in [3.05, 3.63) is 60.5 Å². The number of nitrogens with zero attached hydrogens (tertiary/aromatic N) is 3. The van der Waals surface area contributed by atoms with Gasteiger partial charge in [0.15, 0.2) is 0 Å². The van der Waals surface area contributed by atoms with E-state index in [1.807, 2.05) is 42.3 Å². The molecule has 0 saturated heterocycles. The van der Waals surface area contributed by atoms with E-state index < -0.39 is 0 Å². The molecule has 0 N–H and O–H groups in total. The highest BCUT2D eigenvalue weighted by Crippen LogP contribution is 2.28. The molecule has 2 aromatic heterocycles. The average Bonchev–Trinajstić information content (AvgIpc) is 3.24. The molecule has 0 spiro atoms. The van der Waals surface area contributed by atoms with Crippen molar-refractivity contribution >= 4 is 22.4 Å². The van der Waals surface area contributed by atoms with Gasteiger partial charge >= 0.3 is 0 Å². The minimum atomic E-state index is 0.848. The number of fused-ring (bicyclic) bond motifs is 1. The van der Waals surface area contributed by atoms with Crippen LogP contribution in [0.2, 0.25) is 0 Å². The minimum absolute atomic E-state index is 0.848. The Hall–Kier alpha value is -2.66. The first kappa shape index (κ1) is 13.0. The Balaban J connectivity index is 1.79. The molecule has 2 heterocycles. The first-order valence-electron chi connectivity index (χ1n) is 6.85. The Kier molecular flexibility index (Phi) is 3.12. The Bertz CT molecular complexity index is 911. The van der Waals surface area contributed by atoms with Crippen LogP contribution in [0.15, 0.2) is 60.5 Å². The maximum atomic E-state index is 5.20. The van der Waals surface area contributed by atoms with Crippen LogP contribution in [0.25, 0.3) is 27.2 Å². The molecule has 108 valence electrons. The highest BCUT2D eigenvalue weighted by molar-refractivity contribution is 7.13. The second-order valence-electron chi connectivity index (χ2n) is 4.88. The van der Waals surface area contributed by atoms with Gasteiger partial charge in [-0.1, -0.05) is 6.07 Å². The van der Waals surface area contributed by atoms with E-state index in [2.05, 4.69) is 32.7 Å². The van der Waals surface area contributed by atoms with Crippen LogP contribution < -0.4 is 4.74 Å². The van der Waals surface area contributed by atoms with Crippen molar-refractivity contribution in [3.8, 4) is 21.9 Å². The number of ether oxygens (including phenoxy) is 1. The van der Waals surface area contributed by atoms with Gasteiger partial charge in [-0.15, -0.1) is 11.3 Å². The van der Waals surface area contributed by atoms with Gasteiger partial charge in [0, 0.05) is 11.9 Å². The summed E-state index contributed by atoms with van der Waals surface area (Å²) < 4.78 is 7.28. The normalized spacial score (nSPS) is 11.0. The zero-order valence-electron chi connectivity index (χ0n) is 11.9. The fraction of sp³-hybridized carbons (Fsp3) is 0.0588. The summed E-state index contributed by atoms with van der Waals surface area (Å²) in [4.78, 5) is 9.81. The van der Waals surface area contributed by atoms with Crippen LogP contribution in [-0.4, -0.2) is 21.6 Å². The van der Waals surface area contributed by atoms with Gasteiger partial charge in [0.05, 0.1) is 28.5 Å². The minimum Gasteiger partial charge on any atom is -0.497 e. The Morgan fingerprint density at radius 1 is 1.09 bits per heavy atom. The van der Waals surface area contributed by atoms with Crippen LogP contribution in [0.1, 0.15) is 0 Å². The fourth-order valence-corrected chi connectivity index (χ4v) is 3.09. The second kappa shape index (κ2) is 5.27. The van der Waals surface area contributed by atoms with E-state index in [0.29, 0.717) is 0 Å². The molecule has 0 amide bonds. The lowest BCUT2D eigenvalue weighted by molar-refractivity contribution is 0.415. The number of hydrogen-bond acceptors (Lipinski definition) is 4. The van der Waals surface area contributed by atoms with E-state index >= 15 is 0 Å². The third-order valence-corrected chi connectivity index (χ3v) is 4.44. The van der Waals surface area contributed by atoms with Crippen molar-refractivity contribution in [1.82, 2.24) is 14.5 Å². The standard InChI is InChI=1S/C17H13N3OS/c1-21-14-5-3-13(4-6-14)20-10-19-15-8-12(2-7-16(15)20)17-9-18-11-22-17/h2-11H,1H3. The molecule has 4 rings (SSSR count). The van der Waals surface area contributed by atoms with Crippen LogP contribution in [0, 0.1) is 0 Å². The van der Waals surface area contributed by atoms with Crippen LogP contribution in [0.4, 0.5) is 0 Å². The molecule has 4 nitrogen and oxygen atoms in total. The van der Waals surface area contributed by atoms with Crippen molar-refractivity contribution in [2.75, 3.05) is 7.11 Å². The molecule has 0 atom stereocenters. The van der Waals surface area contributed by atoms with Crippen LogP contribution >= 0.6 is 11.3 Å². The van der Waals surface area contributed by atoms with Gasteiger partial charge < -0.3 is 4.74 Å². The van der Waals surface area contributed by atoms with Crippen molar-refractivity contribution in [3.63, 3.8) is 0 Å². The van der Waals surface area contributed by atoms with Gasteiger partial charge in [-0.05, 0) is 42.0 Å². The summed E-state index contributed by atoms with van der Waals surface area (Å²) >= 11 is 1.63. The zero-order chi connectivity index (χ0) is 14.9. The van der Waals surface area contributed by atoms with E-state index in [1.54, 1.807) is 18.4 Å². The van der Waals surface area contributed by atoms with Crippen LogP contribution in [0.5, 0.6) is 5.75 Å². The van der Waals surface area contributed by atoms with Crippen molar-refractivity contribution in [1.29, 1.82) is 0 Å². The fourth-order valence-electron chi connectivity index (χ4n) is 2.47. The summed E-state index contributed by atoms with van der Waals surface area (Å²) in [7, 11) is 1.67. The number of hydrogen-bond donors (Lipinski definition) is 0. The summed E-state index contributed by atoms with van der Waals surface area (Å²) in [5.74, 6) is 0.848. The molecule has 22 heavy (non-hydrogen) atoms. The third kappa shape index (κ3) is 2.16. The lowest BCUT2D eigenvalue weighted by atomic mass is 10.2. The predicted molar refractivity (Wildman–Crippen MR) is 88.7 cm³/mol. The van der Waals surface area contributed by atoms with Crippen LogP contribution in [-0.2, 0) is 0 Å². The topological polar surface area (TPSA) is 39.9 Å². The van der Waals surface area contributed by atoms with Gasteiger partial charge in [0.2, 0.25) is 0 Å². The van der Waals surface area contributed by atoms with E-state index in [1.165, 1.54) is 0 Å². The lowest BCUT2D eigenvalue weighted by Crippen LogP contribution is -1.92. The Morgan fingerprint density at radius 3 is 2.68 bits per heavy atom. The summed E-state index contributed by atoms with van der Waals surface area (Å²) in [6, 6.07) is 14.3. The van der Waals surface area contributed by atoms with Crippen molar-refractivity contribution in [2.24, 2.45) is 0 Å². The molecule has 0 fully saturated rings. The van der Waals surface area contributed by atoms with E-state index in [-0.39, 0.29) is 0 Å². The maximum Gasteiger partial charge on any atom is 0.119 e. The molecule has 0 bridgehead atoms. The molecule has 0 saturated carbocycles. The zero-order valence-corrected chi connectivity index (χ0v) is 12.7. The molecule has 0 aliphatic carbocycles. The monoisotopic (exact) mass is 307 g/mol. The molecule has 2 aromatic carbocycles. The number of methoxy groups -OCH3 is 1. The molecule has 4 aromatic rings. The van der Waals surface area contributed by atoms with Crippen LogP contribution in [0.3, 0.4) is 0 Å². The van der Waals surface area contributed by atoms with Crippen molar-refractivity contribution in [2.45, 2.75) is 0 Å². The predicted octanol–water partition coefficient (Wildman–Crippen LogP) is 4.16. The Labute approximate surface area is 131 Å². The van der Waals surface area contributed by atoms with E-state index in [0.717, 1.165) is 32.9 Å². The van der Waals surface area contributed by atoms with Gasteiger partial charge in [-0.3, -0.25) is 9.55 Å². The number of thiazole rings is 1. The largest absolute Gasteiger partial charge is 0.497 e. The van der Waals surface area contributed by atoms with E-state index in [4.69, 9.17) is 4.74 Å². The highest BCUT2D eigenvalue weighted by Gasteiger charge is 2.07. The van der Waals surface area contributed by atoms with E-state index in [9.17, 15) is 0 Å². The number of benzene rings is 2. The molecule has 0 aliphatic heterocycles. The van der Waals surface area contributed by atoms with Gasteiger partial charge in [-0.2, -0.15) is 0 Å². The second-order valence-corrected chi connectivity index (χ2v) is 5.77. The molecule has 5 heteroatoms. The first-order chi connectivity index (χ1) is 10.8. The number of rotatable bonds is 3. The maximum absolute atomic E-state index is 5.20. The van der Waals surface area contributed by atoms with Crippen molar-refractivity contribution < 1.29 is 4.74 Å². The highest BCUT2D eigenvalue weighted by atomic mass is 32.1. The SMILES string of the molecule is COc1ccc(-n2cnc3cc(-c4cncs4)ccc32)cc1. The number of imidazole rings is 1. The number of aromatic nitrogens is 3. The Morgan fingerprint density at radius 2 is 1.95 bits per heavy atom. The third-order valence-electron chi connectivity index (χ3n) is 3.61. The molecule has 0 aliphatic rings. The summed E-state index contributed by atoms with van der Waals surface area (Å²) in [6.07, 6.45) is 3.73. The smallest absolute Gasteiger partial charge is 0.119 e. The van der Waals surface area contributed by atoms with Gasteiger partial charge in [0.1, 0.15) is 12.1 Å². The average molecular weight is 307 g/mol.